The van der Waals surface area contributed by atoms with E-state index in [1.807, 2.05) is 41.3 Å². The molecular weight excluding hydrogens is 508 g/mol. The van der Waals surface area contributed by atoms with Crippen LogP contribution in [0, 0.1) is 21.4 Å². The maximum atomic E-state index is 13.4. The normalized spacial score (nSPS) is 16.9. The molecule has 0 N–H and O–H groups in total. The molecule has 0 atom stereocenters. The molecule has 2 aromatic carbocycles. The first kappa shape index (κ1) is 26.6. The second-order valence-electron chi connectivity index (χ2n) is 9.88. The molecule has 3 aromatic rings. The van der Waals surface area contributed by atoms with Crippen LogP contribution in [0.1, 0.15) is 37.5 Å². The minimum Gasteiger partial charge on any atom is -0.457 e. The number of carbonyl (C=O) groups is 2. The molecule has 1 fully saturated rings. The zero-order chi connectivity index (χ0) is 28.2. The first-order valence-electron chi connectivity index (χ1n) is 13.2. The fraction of sp³-hybridized carbons (Fsp3) is 0.258. The Morgan fingerprint density at radius 3 is 2.48 bits per heavy atom. The van der Waals surface area contributed by atoms with E-state index < -0.39 is 11.8 Å². The highest BCUT2D eigenvalue weighted by atomic mass is 16.6. The van der Waals surface area contributed by atoms with E-state index in [-0.39, 0.29) is 33.9 Å². The molecule has 0 bridgehead atoms. The summed E-state index contributed by atoms with van der Waals surface area (Å²) in [6.45, 7) is 3.28. The Balaban J connectivity index is 1.43. The van der Waals surface area contributed by atoms with Gasteiger partial charge in [-0.25, -0.2) is 0 Å². The molecule has 0 radical (unpaired) electrons. The van der Waals surface area contributed by atoms with Crippen molar-refractivity contribution >= 4 is 29.3 Å². The third-order valence-electron chi connectivity index (χ3n) is 7.36. The van der Waals surface area contributed by atoms with Crippen LogP contribution in [0.4, 0.5) is 11.4 Å². The number of anilines is 1. The molecule has 9 nitrogen and oxygen atoms in total. The van der Waals surface area contributed by atoms with Gasteiger partial charge in [-0.2, -0.15) is 5.26 Å². The van der Waals surface area contributed by atoms with Crippen molar-refractivity contribution in [2.75, 3.05) is 24.5 Å². The lowest BCUT2D eigenvalue weighted by Crippen LogP contribution is -2.43. The highest BCUT2D eigenvalue weighted by Gasteiger charge is 2.35. The first-order valence-corrected chi connectivity index (χ1v) is 13.2. The summed E-state index contributed by atoms with van der Waals surface area (Å²) in [6.07, 6.45) is 5.10. The predicted octanol–water partition coefficient (Wildman–Crippen LogP) is 5.68. The van der Waals surface area contributed by atoms with Gasteiger partial charge in [0.2, 0.25) is 0 Å². The molecule has 2 aliphatic rings. The Morgan fingerprint density at radius 1 is 1.02 bits per heavy atom. The van der Waals surface area contributed by atoms with E-state index in [1.54, 1.807) is 31.2 Å². The molecule has 0 unspecified atom stereocenters. The fourth-order valence-electron chi connectivity index (χ4n) is 5.17. The van der Waals surface area contributed by atoms with E-state index in [0.717, 1.165) is 42.8 Å². The van der Waals surface area contributed by atoms with Crippen molar-refractivity contribution in [2.45, 2.75) is 32.6 Å². The number of rotatable bonds is 7. The Labute approximate surface area is 231 Å². The maximum absolute atomic E-state index is 13.4. The number of carbonyl (C=O) groups excluding carboxylic acids is 2. The molecule has 2 aliphatic heterocycles. The van der Waals surface area contributed by atoms with Gasteiger partial charge in [0.1, 0.15) is 28.9 Å². The zero-order valence-electron chi connectivity index (χ0n) is 22.1. The van der Waals surface area contributed by atoms with E-state index in [0.29, 0.717) is 29.2 Å². The second kappa shape index (κ2) is 11.4. The van der Waals surface area contributed by atoms with Gasteiger partial charge in [-0.05, 0) is 74.1 Å². The van der Waals surface area contributed by atoms with Crippen LogP contribution in [0.2, 0.25) is 0 Å². The number of nitriles is 1. The maximum Gasteiger partial charge on any atom is 0.293 e. The van der Waals surface area contributed by atoms with Crippen molar-refractivity contribution in [2.24, 2.45) is 0 Å². The van der Waals surface area contributed by atoms with E-state index in [2.05, 4.69) is 0 Å². The lowest BCUT2D eigenvalue weighted by atomic mass is 9.94. The summed E-state index contributed by atoms with van der Waals surface area (Å²) in [4.78, 5) is 41.0. The lowest BCUT2D eigenvalue weighted by molar-refractivity contribution is -0.384. The van der Waals surface area contributed by atoms with Crippen molar-refractivity contribution in [3.8, 4) is 17.4 Å². The minimum absolute atomic E-state index is 0.0168. The van der Waals surface area contributed by atoms with Gasteiger partial charge in [-0.3, -0.25) is 24.6 Å². The zero-order valence-corrected chi connectivity index (χ0v) is 22.1. The molecule has 1 saturated heterocycles. The van der Waals surface area contributed by atoms with Crippen LogP contribution in [0.5, 0.6) is 0 Å². The average molecular weight is 537 g/mol. The molecule has 0 spiro atoms. The number of amides is 2. The fourth-order valence-corrected chi connectivity index (χ4v) is 5.17. The van der Waals surface area contributed by atoms with Crippen molar-refractivity contribution in [3.05, 3.63) is 98.8 Å². The third-order valence-corrected chi connectivity index (χ3v) is 7.36. The molecular formula is C31H28N4O5. The summed E-state index contributed by atoms with van der Waals surface area (Å²) in [6, 6.07) is 19.8. The molecule has 40 heavy (non-hydrogen) atoms. The van der Waals surface area contributed by atoms with Gasteiger partial charge in [0.05, 0.1) is 4.92 Å². The van der Waals surface area contributed by atoms with Crippen LogP contribution < -0.4 is 4.90 Å². The number of nitro benzene ring substituents is 1. The topological polar surface area (TPSA) is 121 Å². The smallest absolute Gasteiger partial charge is 0.293 e. The molecule has 0 saturated carbocycles. The van der Waals surface area contributed by atoms with Crippen molar-refractivity contribution in [1.82, 2.24) is 4.90 Å². The van der Waals surface area contributed by atoms with Crippen LogP contribution in [-0.4, -0.2) is 41.3 Å². The minimum atomic E-state index is -0.612. The molecule has 5 rings (SSSR count). The number of piperidine rings is 1. The van der Waals surface area contributed by atoms with Crippen LogP contribution in [0.15, 0.2) is 81.8 Å². The lowest BCUT2D eigenvalue weighted by Gasteiger charge is -2.28. The third kappa shape index (κ3) is 5.29. The number of hydrogen-bond donors (Lipinski definition) is 0. The number of imide groups is 1. The van der Waals surface area contributed by atoms with Crippen LogP contribution in [0.3, 0.4) is 0 Å². The quantitative estimate of drug-likeness (QED) is 0.165. The Morgan fingerprint density at radius 2 is 1.77 bits per heavy atom. The number of nitrogens with zero attached hydrogens (tertiary/aromatic N) is 4. The molecule has 202 valence electrons. The molecule has 0 aliphatic carbocycles. The first-order chi connectivity index (χ1) is 19.4. The summed E-state index contributed by atoms with van der Waals surface area (Å²) in [7, 11) is 0. The monoisotopic (exact) mass is 536 g/mol. The largest absolute Gasteiger partial charge is 0.457 e. The summed E-state index contributed by atoms with van der Waals surface area (Å²) < 4.78 is 5.98. The molecule has 3 heterocycles. The van der Waals surface area contributed by atoms with Gasteiger partial charge in [-0.15, -0.1) is 0 Å². The predicted molar refractivity (Wildman–Crippen MR) is 150 cm³/mol. The summed E-state index contributed by atoms with van der Waals surface area (Å²) in [5, 5.41) is 21.6. The van der Waals surface area contributed by atoms with Gasteiger partial charge >= 0.3 is 0 Å². The molecule has 9 heteroatoms. The Hall–Kier alpha value is -4.97. The molecule has 2 amide bonds. The number of nitro groups is 1. The van der Waals surface area contributed by atoms with Gasteiger partial charge in [0.15, 0.2) is 0 Å². The van der Waals surface area contributed by atoms with Crippen molar-refractivity contribution in [3.63, 3.8) is 0 Å². The SMILES string of the molecule is CC1=C(C#N)C(=O)N(CCc2ccccc2)C(=O)/C1=C/c1ccc(-c2ccc(N3CCCCC3)c([N+](=O)[O-])c2)o1. The van der Waals surface area contributed by atoms with Crippen molar-refractivity contribution < 1.29 is 18.9 Å². The molecule has 1 aromatic heterocycles. The Bertz CT molecular complexity index is 1570. The summed E-state index contributed by atoms with van der Waals surface area (Å²) >= 11 is 0. The van der Waals surface area contributed by atoms with E-state index in [9.17, 15) is 25.0 Å². The van der Waals surface area contributed by atoms with Crippen LogP contribution >= 0.6 is 0 Å². The number of furan rings is 1. The van der Waals surface area contributed by atoms with Crippen molar-refractivity contribution in [1.29, 1.82) is 5.26 Å². The summed E-state index contributed by atoms with van der Waals surface area (Å²) in [5.74, 6) is -0.381. The number of benzene rings is 2. The van der Waals surface area contributed by atoms with E-state index in [1.165, 1.54) is 12.1 Å². The van der Waals surface area contributed by atoms with Gasteiger partial charge < -0.3 is 9.32 Å². The van der Waals surface area contributed by atoms with E-state index >= 15 is 0 Å². The highest BCUT2D eigenvalue weighted by molar-refractivity contribution is 6.19. The van der Waals surface area contributed by atoms with Crippen LogP contribution in [0.25, 0.3) is 17.4 Å². The van der Waals surface area contributed by atoms with Gasteiger partial charge in [0, 0.05) is 36.8 Å². The standard InChI is InChI=1S/C31H28N4O5/c1-21-25(30(36)34(31(37)26(21)20-32)17-14-22-8-4-2-5-9-22)19-24-11-13-29(40-24)23-10-12-27(28(18-23)35(38)39)33-15-6-3-7-16-33/h2,4-5,8-13,18-19H,3,6-7,14-17H2,1H3/b25-19+. The van der Waals surface area contributed by atoms with Gasteiger partial charge in [0.25, 0.3) is 17.5 Å². The van der Waals surface area contributed by atoms with Gasteiger partial charge in [-0.1, -0.05) is 30.3 Å². The highest BCUT2D eigenvalue weighted by Crippen LogP contribution is 2.36. The second-order valence-corrected chi connectivity index (χ2v) is 9.88. The number of hydrogen-bond acceptors (Lipinski definition) is 7. The average Bonchev–Trinajstić information content (AvgIpc) is 3.45. The van der Waals surface area contributed by atoms with Crippen LogP contribution in [-0.2, 0) is 16.0 Å². The summed E-state index contributed by atoms with van der Waals surface area (Å²) in [5.41, 5.74) is 2.51. The Kier molecular flexibility index (Phi) is 7.60. The van der Waals surface area contributed by atoms with E-state index in [4.69, 9.17) is 4.42 Å².